The number of carbonyl (C=O) groups is 1. The number of morpholine rings is 1. The van der Waals surface area contributed by atoms with E-state index in [1.807, 2.05) is 20.8 Å². The highest BCUT2D eigenvalue weighted by atomic mass is 32.2. The smallest absolute Gasteiger partial charge is 0.289 e. The fraction of sp³-hybridized carbons (Fsp3) is 0.688. The Labute approximate surface area is 148 Å². The standard InChI is InChI=1S/C16H25N3O5S/c1-12-4-9-23-15(12)16(20)17-5-7-18(8-6-17)25(21,22)19-10-13(2)24-14(3)11-19/h4,9,13-14H,5-8,10-11H2,1-3H3/t13-,14-/m1/s1. The number of ether oxygens (including phenoxy) is 1. The number of rotatable bonds is 3. The minimum absolute atomic E-state index is 0.122. The Morgan fingerprint density at radius 2 is 1.68 bits per heavy atom. The van der Waals surface area contributed by atoms with Crippen LogP contribution in [0.1, 0.15) is 30.0 Å². The van der Waals surface area contributed by atoms with Gasteiger partial charge in [-0.05, 0) is 26.8 Å². The molecular formula is C16H25N3O5S. The van der Waals surface area contributed by atoms with Gasteiger partial charge in [0, 0.05) is 44.8 Å². The number of amides is 1. The normalized spacial score (nSPS) is 26.8. The van der Waals surface area contributed by atoms with Crippen LogP contribution in [0, 0.1) is 6.92 Å². The van der Waals surface area contributed by atoms with E-state index in [1.165, 1.54) is 14.9 Å². The minimum atomic E-state index is -3.54. The number of nitrogens with zero attached hydrogens (tertiary/aromatic N) is 3. The Balaban J connectivity index is 1.63. The van der Waals surface area contributed by atoms with Crippen molar-refractivity contribution in [1.82, 2.24) is 13.5 Å². The largest absolute Gasteiger partial charge is 0.459 e. The minimum Gasteiger partial charge on any atom is -0.459 e. The maximum Gasteiger partial charge on any atom is 0.289 e. The van der Waals surface area contributed by atoms with Crippen molar-refractivity contribution in [3.05, 3.63) is 23.7 Å². The first-order valence-electron chi connectivity index (χ1n) is 8.53. The van der Waals surface area contributed by atoms with Crippen molar-refractivity contribution in [2.24, 2.45) is 0 Å². The lowest BCUT2D eigenvalue weighted by atomic mass is 10.2. The van der Waals surface area contributed by atoms with Crippen molar-refractivity contribution < 1.29 is 22.4 Å². The molecule has 25 heavy (non-hydrogen) atoms. The first-order chi connectivity index (χ1) is 11.8. The summed E-state index contributed by atoms with van der Waals surface area (Å²) in [4.78, 5) is 14.1. The highest BCUT2D eigenvalue weighted by Crippen LogP contribution is 2.20. The van der Waals surface area contributed by atoms with Gasteiger partial charge in [-0.3, -0.25) is 4.79 Å². The van der Waals surface area contributed by atoms with Crippen LogP contribution < -0.4 is 0 Å². The Bertz CT molecular complexity index is 714. The molecule has 0 spiro atoms. The molecule has 140 valence electrons. The second-order valence-electron chi connectivity index (χ2n) is 6.71. The molecule has 2 atom stereocenters. The number of hydrogen-bond acceptors (Lipinski definition) is 5. The lowest BCUT2D eigenvalue weighted by Gasteiger charge is -2.40. The number of furan rings is 1. The lowest BCUT2D eigenvalue weighted by molar-refractivity contribution is -0.0457. The van der Waals surface area contributed by atoms with Gasteiger partial charge in [-0.2, -0.15) is 17.0 Å². The molecule has 0 saturated carbocycles. The van der Waals surface area contributed by atoms with Gasteiger partial charge in [0.05, 0.1) is 18.5 Å². The first kappa shape index (κ1) is 18.4. The quantitative estimate of drug-likeness (QED) is 0.781. The van der Waals surface area contributed by atoms with Crippen LogP contribution in [-0.4, -0.2) is 79.3 Å². The van der Waals surface area contributed by atoms with Gasteiger partial charge in [-0.1, -0.05) is 0 Å². The van der Waals surface area contributed by atoms with E-state index >= 15 is 0 Å². The molecule has 1 amide bonds. The Morgan fingerprint density at radius 3 is 2.20 bits per heavy atom. The van der Waals surface area contributed by atoms with Crippen LogP contribution in [-0.2, 0) is 14.9 Å². The molecule has 0 aliphatic carbocycles. The van der Waals surface area contributed by atoms with Crippen molar-refractivity contribution >= 4 is 16.1 Å². The molecule has 8 nitrogen and oxygen atoms in total. The molecule has 0 aromatic carbocycles. The van der Waals surface area contributed by atoms with E-state index in [-0.39, 0.29) is 31.2 Å². The van der Waals surface area contributed by atoms with Crippen LogP contribution in [0.5, 0.6) is 0 Å². The van der Waals surface area contributed by atoms with Crippen LogP contribution >= 0.6 is 0 Å². The van der Waals surface area contributed by atoms with E-state index in [2.05, 4.69) is 0 Å². The maximum atomic E-state index is 12.9. The molecule has 0 bridgehead atoms. The van der Waals surface area contributed by atoms with Crippen LogP contribution in [0.15, 0.2) is 16.7 Å². The van der Waals surface area contributed by atoms with E-state index in [0.717, 1.165) is 5.56 Å². The van der Waals surface area contributed by atoms with Gasteiger partial charge in [0.1, 0.15) is 0 Å². The zero-order chi connectivity index (χ0) is 18.2. The molecule has 3 rings (SSSR count). The summed E-state index contributed by atoms with van der Waals surface area (Å²) < 4.78 is 39.5. The van der Waals surface area contributed by atoms with E-state index in [4.69, 9.17) is 9.15 Å². The fourth-order valence-corrected chi connectivity index (χ4v) is 5.09. The van der Waals surface area contributed by atoms with Crippen LogP contribution in [0.4, 0.5) is 0 Å². The molecule has 2 aliphatic heterocycles. The maximum absolute atomic E-state index is 12.9. The van der Waals surface area contributed by atoms with Crippen LogP contribution in [0.25, 0.3) is 0 Å². The zero-order valence-electron chi connectivity index (χ0n) is 14.8. The molecule has 2 saturated heterocycles. The average Bonchev–Trinajstić information content (AvgIpc) is 2.99. The third-order valence-corrected chi connectivity index (χ3v) is 6.59. The SMILES string of the molecule is Cc1ccoc1C(=O)N1CCN(S(=O)(=O)N2C[C@@H](C)O[C@H](C)C2)CC1. The monoisotopic (exact) mass is 371 g/mol. The lowest BCUT2D eigenvalue weighted by Crippen LogP contribution is -2.57. The summed E-state index contributed by atoms with van der Waals surface area (Å²) >= 11 is 0. The molecule has 1 aromatic rings. The van der Waals surface area contributed by atoms with Gasteiger partial charge in [-0.15, -0.1) is 0 Å². The fourth-order valence-electron chi connectivity index (χ4n) is 3.34. The third kappa shape index (κ3) is 3.74. The van der Waals surface area contributed by atoms with Gasteiger partial charge in [0.2, 0.25) is 0 Å². The predicted octanol–water partition coefficient (Wildman–Crippen LogP) is 0.700. The second-order valence-corrected chi connectivity index (χ2v) is 8.63. The van der Waals surface area contributed by atoms with Gasteiger partial charge >= 0.3 is 0 Å². The highest BCUT2D eigenvalue weighted by molar-refractivity contribution is 7.86. The van der Waals surface area contributed by atoms with Gasteiger partial charge in [-0.25, -0.2) is 0 Å². The molecule has 0 N–H and O–H groups in total. The van der Waals surface area contributed by atoms with E-state index in [0.29, 0.717) is 31.9 Å². The topological polar surface area (TPSA) is 83.3 Å². The van der Waals surface area contributed by atoms with Crippen molar-refractivity contribution in [2.75, 3.05) is 39.3 Å². The summed E-state index contributed by atoms with van der Waals surface area (Å²) in [6, 6.07) is 1.74. The Kier molecular flexibility index (Phi) is 5.19. The van der Waals surface area contributed by atoms with E-state index in [9.17, 15) is 13.2 Å². The molecule has 3 heterocycles. The highest BCUT2D eigenvalue weighted by Gasteiger charge is 2.37. The molecule has 0 radical (unpaired) electrons. The molecule has 2 fully saturated rings. The van der Waals surface area contributed by atoms with Gasteiger partial charge < -0.3 is 14.1 Å². The van der Waals surface area contributed by atoms with Crippen LogP contribution in [0.3, 0.4) is 0 Å². The Morgan fingerprint density at radius 1 is 1.08 bits per heavy atom. The molecule has 2 aliphatic rings. The summed E-state index contributed by atoms with van der Waals surface area (Å²) in [5, 5.41) is 0. The van der Waals surface area contributed by atoms with Gasteiger partial charge in [0.15, 0.2) is 5.76 Å². The number of carbonyl (C=O) groups excluding carboxylic acids is 1. The van der Waals surface area contributed by atoms with Crippen molar-refractivity contribution in [3.8, 4) is 0 Å². The zero-order valence-corrected chi connectivity index (χ0v) is 15.7. The second kappa shape index (κ2) is 7.06. The van der Waals surface area contributed by atoms with Crippen molar-refractivity contribution in [3.63, 3.8) is 0 Å². The van der Waals surface area contributed by atoms with E-state index in [1.54, 1.807) is 11.0 Å². The summed E-state index contributed by atoms with van der Waals surface area (Å²) in [5.41, 5.74) is 0.788. The average molecular weight is 371 g/mol. The molecular weight excluding hydrogens is 346 g/mol. The summed E-state index contributed by atoms with van der Waals surface area (Å²) in [7, 11) is -3.54. The van der Waals surface area contributed by atoms with Gasteiger partial charge in [0.25, 0.3) is 16.1 Å². The number of piperazine rings is 1. The van der Waals surface area contributed by atoms with Crippen molar-refractivity contribution in [2.45, 2.75) is 33.0 Å². The first-order valence-corrected chi connectivity index (χ1v) is 9.92. The molecule has 1 aromatic heterocycles. The summed E-state index contributed by atoms with van der Waals surface area (Å²) in [5.74, 6) is 0.139. The number of hydrogen-bond donors (Lipinski definition) is 0. The Hall–Kier alpha value is -1.42. The predicted molar refractivity (Wildman–Crippen MR) is 91.4 cm³/mol. The molecule has 0 unspecified atom stereocenters. The molecule has 9 heteroatoms. The number of aryl methyl sites for hydroxylation is 1. The summed E-state index contributed by atoms with van der Waals surface area (Å²) in [6.07, 6.45) is 1.25. The van der Waals surface area contributed by atoms with E-state index < -0.39 is 10.2 Å². The van der Waals surface area contributed by atoms with Crippen molar-refractivity contribution in [1.29, 1.82) is 0 Å². The van der Waals surface area contributed by atoms with Crippen LogP contribution in [0.2, 0.25) is 0 Å². The third-order valence-electron chi connectivity index (χ3n) is 4.62. The summed E-state index contributed by atoms with van der Waals surface area (Å²) in [6.45, 7) is 7.57.